The minimum absolute atomic E-state index is 0.825. The van der Waals surface area contributed by atoms with E-state index >= 15 is 0 Å². The summed E-state index contributed by atoms with van der Waals surface area (Å²) in [6.45, 7) is 7.79. The van der Waals surface area contributed by atoms with Crippen molar-refractivity contribution in [3.8, 4) is 0 Å². The van der Waals surface area contributed by atoms with Crippen LogP contribution < -0.4 is 10.2 Å². The molecule has 0 aliphatic carbocycles. The van der Waals surface area contributed by atoms with Crippen LogP contribution in [-0.4, -0.2) is 23.1 Å². The van der Waals surface area contributed by atoms with E-state index in [1.165, 1.54) is 11.1 Å². The van der Waals surface area contributed by atoms with Gasteiger partial charge in [0.15, 0.2) is 0 Å². The molecule has 21 heavy (non-hydrogen) atoms. The van der Waals surface area contributed by atoms with Crippen molar-refractivity contribution < 1.29 is 0 Å². The highest BCUT2D eigenvalue weighted by atomic mass is 79.9. The van der Waals surface area contributed by atoms with Gasteiger partial charge in [-0.15, -0.1) is 0 Å². The van der Waals surface area contributed by atoms with Gasteiger partial charge in [-0.1, -0.05) is 6.92 Å². The third kappa shape index (κ3) is 4.51. The summed E-state index contributed by atoms with van der Waals surface area (Å²) in [5.74, 6) is 1.04. The van der Waals surface area contributed by atoms with Gasteiger partial charge in [0.05, 0.1) is 0 Å². The van der Waals surface area contributed by atoms with Crippen LogP contribution in [0.3, 0.4) is 0 Å². The first kappa shape index (κ1) is 15.9. The van der Waals surface area contributed by atoms with Gasteiger partial charge in [-0.3, -0.25) is 4.98 Å². The first-order valence-electron chi connectivity index (χ1n) is 7.23. The Morgan fingerprint density at radius 3 is 2.67 bits per heavy atom. The molecule has 1 N–H and O–H groups in total. The minimum Gasteiger partial charge on any atom is -0.352 e. The molecule has 2 heterocycles. The summed E-state index contributed by atoms with van der Waals surface area (Å²) in [7, 11) is 0. The van der Waals surface area contributed by atoms with Crippen LogP contribution in [-0.2, 0) is 13.1 Å². The molecule has 2 aromatic rings. The Kier molecular flexibility index (Phi) is 6.14. The molecule has 0 saturated carbocycles. The number of halogens is 1. The molecule has 112 valence electrons. The average Bonchev–Trinajstić information content (AvgIpc) is 2.52. The van der Waals surface area contributed by atoms with Gasteiger partial charge in [0, 0.05) is 48.3 Å². The van der Waals surface area contributed by atoms with Crippen molar-refractivity contribution in [1.82, 2.24) is 15.3 Å². The standard InChI is InChI=1S/C16H21BrN4/c1-3-18-10-14-9-15(17)11-20-16(14)21(4-2)12-13-5-7-19-8-6-13/h5-9,11,18H,3-4,10,12H2,1-2H3. The zero-order valence-electron chi connectivity index (χ0n) is 12.5. The Hall–Kier alpha value is -1.46. The van der Waals surface area contributed by atoms with E-state index in [0.29, 0.717) is 0 Å². The number of rotatable bonds is 7. The second-order valence-electron chi connectivity index (χ2n) is 4.79. The second kappa shape index (κ2) is 8.10. The fraction of sp³-hybridized carbons (Fsp3) is 0.375. The van der Waals surface area contributed by atoms with Gasteiger partial charge < -0.3 is 10.2 Å². The Morgan fingerprint density at radius 2 is 2.00 bits per heavy atom. The summed E-state index contributed by atoms with van der Waals surface area (Å²) in [6.07, 6.45) is 5.52. The topological polar surface area (TPSA) is 41.1 Å². The lowest BCUT2D eigenvalue weighted by molar-refractivity contribution is 0.712. The van der Waals surface area contributed by atoms with E-state index in [1.807, 2.05) is 30.7 Å². The number of hydrogen-bond acceptors (Lipinski definition) is 4. The van der Waals surface area contributed by atoms with Crippen molar-refractivity contribution in [2.75, 3.05) is 18.0 Å². The Bertz CT molecular complexity index is 559. The first-order chi connectivity index (χ1) is 10.2. The van der Waals surface area contributed by atoms with Gasteiger partial charge in [-0.2, -0.15) is 0 Å². The molecule has 0 radical (unpaired) electrons. The zero-order chi connectivity index (χ0) is 15.1. The molecule has 0 aliphatic heterocycles. The second-order valence-corrected chi connectivity index (χ2v) is 5.70. The predicted molar refractivity (Wildman–Crippen MR) is 90.3 cm³/mol. The fourth-order valence-corrected chi connectivity index (χ4v) is 2.57. The lowest BCUT2D eigenvalue weighted by Crippen LogP contribution is -2.26. The van der Waals surface area contributed by atoms with Crippen LogP contribution in [0.5, 0.6) is 0 Å². The molecule has 0 atom stereocenters. The van der Waals surface area contributed by atoms with Crippen LogP contribution in [0.4, 0.5) is 5.82 Å². The molecule has 4 nitrogen and oxygen atoms in total. The molecule has 0 amide bonds. The molecule has 0 spiro atoms. The molecule has 0 fully saturated rings. The third-order valence-electron chi connectivity index (χ3n) is 3.28. The summed E-state index contributed by atoms with van der Waals surface area (Å²) in [5, 5.41) is 3.38. The van der Waals surface area contributed by atoms with Crippen LogP contribution in [0, 0.1) is 0 Å². The quantitative estimate of drug-likeness (QED) is 0.832. The molecule has 0 unspecified atom stereocenters. The highest BCUT2D eigenvalue weighted by Gasteiger charge is 2.12. The number of pyridine rings is 2. The van der Waals surface area contributed by atoms with E-state index in [2.05, 4.69) is 56.0 Å². The maximum absolute atomic E-state index is 4.62. The van der Waals surface area contributed by atoms with Crippen molar-refractivity contribution in [3.63, 3.8) is 0 Å². The molecule has 2 aromatic heterocycles. The first-order valence-corrected chi connectivity index (χ1v) is 8.02. The summed E-state index contributed by atoms with van der Waals surface area (Å²) in [6, 6.07) is 6.23. The van der Waals surface area contributed by atoms with E-state index in [1.54, 1.807) is 0 Å². The van der Waals surface area contributed by atoms with Crippen molar-refractivity contribution in [1.29, 1.82) is 0 Å². The minimum atomic E-state index is 0.825. The van der Waals surface area contributed by atoms with Gasteiger partial charge in [0.2, 0.25) is 0 Å². The zero-order valence-corrected chi connectivity index (χ0v) is 14.1. The van der Waals surface area contributed by atoms with Crippen molar-refractivity contribution >= 4 is 21.7 Å². The monoisotopic (exact) mass is 348 g/mol. The Balaban J connectivity index is 2.24. The summed E-state index contributed by atoms with van der Waals surface area (Å²) in [4.78, 5) is 11.0. The molecular weight excluding hydrogens is 328 g/mol. The van der Waals surface area contributed by atoms with E-state index in [-0.39, 0.29) is 0 Å². The number of nitrogens with zero attached hydrogens (tertiary/aromatic N) is 3. The van der Waals surface area contributed by atoms with Crippen LogP contribution in [0.25, 0.3) is 0 Å². The SMILES string of the molecule is CCNCc1cc(Br)cnc1N(CC)Cc1ccncc1. The van der Waals surface area contributed by atoms with Gasteiger partial charge in [-0.25, -0.2) is 4.98 Å². The smallest absolute Gasteiger partial charge is 0.133 e. The third-order valence-corrected chi connectivity index (χ3v) is 3.71. The summed E-state index contributed by atoms with van der Waals surface area (Å²) in [5.41, 5.74) is 2.45. The lowest BCUT2D eigenvalue weighted by atomic mass is 10.2. The molecular formula is C16H21BrN4. The average molecular weight is 349 g/mol. The van der Waals surface area contributed by atoms with Crippen LogP contribution in [0.1, 0.15) is 25.0 Å². The van der Waals surface area contributed by atoms with E-state index < -0.39 is 0 Å². The Morgan fingerprint density at radius 1 is 1.24 bits per heavy atom. The lowest BCUT2D eigenvalue weighted by Gasteiger charge is -2.25. The van der Waals surface area contributed by atoms with Gasteiger partial charge >= 0.3 is 0 Å². The van der Waals surface area contributed by atoms with Crippen molar-refractivity contribution in [2.45, 2.75) is 26.9 Å². The number of hydrogen-bond donors (Lipinski definition) is 1. The predicted octanol–water partition coefficient (Wildman–Crippen LogP) is 3.38. The molecule has 0 saturated heterocycles. The molecule has 0 aliphatic rings. The van der Waals surface area contributed by atoms with E-state index in [9.17, 15) is 0 Å². The van der Waals surface area contributed by atoms with E-state index in [4.69, 9.17) is 0 Å². The highest BCUT2D eigenvalue weighted by Crippen LogP contribution is 2.23. The molecule has 0 bridgehead atoms. The summed E-state index contributed by atoms with van der Waals surface area (Å²) >= 11 is 3.51. The van der Waals surface area contributed by atoms with Crippen molar-refractivity contribution in [3.05, 3.63) is 52.4 Å². The van der Waals surface area contributed by atoms with Gasteiger partial charge in [0.1, 0.15) is 5.82 Å². The van der Waals surface area contributed by atoms with Crippen molar-refractivity contribution in [2.24, 2.45) is 0 Å². The molecule has 5 heteroatoms. The number of anilines is 1. The van der Waals surface area contributed by atoms with Crippen LogP contribution >= 0.6 is 15.9 Å². The van der Waals surface area contributed by atoms with Gasteiger partial charge in [-0.05, 0) is 53.2 Å². The maximum atomic E-state index is 4.62. The largest absolute Gasteiger partial charge is 0.352 e. The number of nitrogens with one attached hydrogen (secondary N) is 1. The van der Waals surface area contributed by atoms with E-state index in [0.717, 1.165) is 36.5 Å². The van der Waals surface area contributed by atoms with Gasteiger partial charge in [0.25, 0.3) is 0 Å². The fourth-order valence-electron chi connectivity index (χ4n) is 2.19. The number of aromatic nitrogens is 2. The summed E-state index contributed by atoms with van der Waals surface area (Å²) < 4.78 is 1.01. The molecule has 2 rings (SSSR count). The normalized spacial score (nSPS) is 10.6. The maximum Gasteiger partial charge on any atom is 0.133 e. The van der Waals surface area contributed by atoms with Crippen LogP contribution in [0.2, 0.25) is 0 Å². The highest BCUT2D eigenvalue weighted by molar-refractivity contribution is 9.10. The molecule has 0 aromatic carbocycles. The Labute approximate surface area is 134 Å². The van der Waals surface area contributed by atoms with Crippen LogP contribution in [0.15, 0.2) is 41.3 Å².